The molecule has 3 aromatic rings. The molecule has 132 valence electrons. The smallest absolute Gasteiger partial charge is 0.223 e. The maximum atomic E-state index is 5.91. The number of nitrogens with zero attached hydrogens (tertiary/aromatic N) is 2. The molecule has 0 spiro atoms. The zero-order valence-electron chi connectivity index (χ0n) is 15.0. The minimum Gasteiger partial charge on any atom is -0.493 e. The van der Waals surface area contributed by atoms with Gasteiger partial charge in [0.15, 0.2) is 17.3 Å². The van der Waals surface area contributed by atoms with Crippen LogP contribution in [0.15, 0.2) is 24.3 Å². The lowest BCUT2D eigenvalue weighted by Crippen LogP contribution is -2.08. The molecular formula is C18H22N4O3. The van der Waals surface area contributed by atoms with Crippen LogP contribution >= 0.6 is 0 Å². The summed E-state index contributed by atoms with van der Waals surface area (Å²) in [6.45, 7) is 5.87. The third-order valence-electron chi connectivity index (χ3n) is 3.61. The number of hydrogen-bond acceptors (Lipinski definition) is 6. The van der Waals surface area contributed by atoms with Crippen LogP contribution in [-0.2, 0) is 0 Å². The maximum Gasteiger partial charge on any atom is 0.223 e. The van der Waals surface area contributed by atoms with Crippen LogP contribution in [0, 0.1) is 6.92 Å². The van der Waals surface area contributed by atoms with Gasteiger partial charge in [0, 0.05) is 17.1 Å². The topological polar surface area (TPSA) is 81.3 Å². The number of pyridine rings is 1. The molecule has 0 bridgehead atoms. The number of ether oxygens (including phenoxy) is 3. The second-order valence-corrected chi connectivity index (χ2v) is 5.97. The Balaban J connectivity index is 2.12. The fourth-order valence-electron chi connectivity index (χ4n) is 2.54. The molecule has 1 aromatic carbocycles. The van der Waals surface area contributed by atoms with E-state index in [9.17, 15) is 0 Å². The minimum absolute atomic E-state index is 0.00771. The number of H-pyrrole nitrogens is 1. The van der Waals surface area contributed by atoms with Crippen LogP contribution in [-0.4, -0.2) is 35.5 Å². The van der Waals surface area contributed by atoms with E-state index in [1.807, 2.05) is 45.0 Å². The number of benzene rings is 1. The van der Waals surface area contributed by atoms with Gasteiger partial charge in [-0.15, -0.1) is 0 Å². The summed E-state index contributed by atoms with van der Waals surface area (Å²) in [5, 5.41) is 12.1. The molecule has 0 fully saturated rings. The summed E-state index contributed by atoms with van der Waals surface area (Å²) in [5.74, 6) is 3.15. The van der Waals surface area contributed by atoms with Crippen molar-refractivity contribution in [3.8, 4) is 17.4 Å². The van der Waals surface area contributed by atoms with E-state index in [-0.39, 0.29) is 6.10 Å². The molecule has 2 N–H and O–H groups in total. The monoisotopic (exact) mass is 342 g/mol. The number of aromatic nitrogens is 3. The molecule has 2 aromatic heterocycles. The number of anilines is 2. The fourth-order valence-corrected chi connectivity index (χ4v) is 2.54. The average molecular weight is 342 g/mol. The molecule has 0 aliphatic rings. The lowest BCUT2D eigenvalue weighted by Gasteiger charge is -2.15. The van der Waals surface area contributed by atoms with Gasteiger partial charge in [-0.1, -0.05) is 0 Å². The highest BCUT2D eigenvalue weighted by molar-refractivity contribution is 5.92. The Hall–Kier alpha value is -2.96. The summed E-state index contributed by atoms with van der Waals surface area (Å²) in [6.07, 6.45) is -0.00771. The van der Waals surface area contributed by atoms with Crippen molar-refractivity contribution >= 4 is 22.4 Å². The van der Waals surface area contributed by atoms with Crippen LogP contribution in [0.1, 0.15) is 19.5 Å². The van der Waals surface area contributed by atoms with Crippen molar-refractivity contribution in [1.29, 1.82) is 0 Å². The van der Waals surface area contributed by atoms with Crippen LogP contribution in [0.4, 0.5) is 11.6 Å². The largest absolute Gasteiger partial charge is 0.493 e. The van der Waals surface area contributed by atoms with Crippen LogP contribution in [0.5, 0.6) is 17.4 Å². The van der Waals surface area contributed by atoms with E-state index in [0.717, 1.165) is 16.5 Å². The Morgan fingerprint density at radius 1 is 1.00 bits per heavy atom. The molecule has 0 unspecified atom stereocenters. The standard InChI is InChI=1S/C18H22N4O3/c1-10(2)25-18-13-9-15(24-5)14(23-4)7-12(13)8-16(20-18)19-17-6-11(3)21-22-17/h6-10H,1-5H3,(H2,19,20,21,22). The van der Waals surface area contributed by atoms with E-state index >= 15 is 0 Å². The molecule has 0 radical (unpaired) electrons. The number of rotatable bonds is 6. The van der Waals surface area contributed by atoms with E-state index in [4.69, 9.17) is 14.2 Å². The molecule has 0 saturated heterocycles. The summed E-state index contributed by atoms with van der Waals surface area (Å²) >= 11 is 0. The van der Waals surface area contributed by atoms with Crippen molar-refractivity contribution in [2.45, 2.75) is 26.9 Å². The number of hydrogen-bond donors (Lipinski definition) is 2. The summed E-state index contributed by atoms with van der Waals surface area (Å²) in [6, 6.07) is 7.61. The Morgan fingerprint density at radius 3 is 2.32 bits per heavy atom. The summed E-state index contributed by atoms with van der Waals surface area (Å²) < 4.78 is 16.7. The van der Waals surface area contributed by atoms with Crippen LogP contribution < -0.4 is 19.5 Å². The lowest BCUT2D eigenvalue weighted by atomic mass is 10.1. The zero-order chi connectivity index (χ0) is 18.0. The predicted octanol–water partition coefficient (Wildman–Crippen LogP) is 3.81. The first-order valence-corrected chi connectivity index (χ1v) is 8.02. The predicted molar refractivity (Wildman–Crippen MR) is 97.2 cm³/mol. The van der Waals surface area contributed by atoms with Crippen molar-refractivity contribution in [1.82, 2.24) is 15.2 Å². The molecule has 3 rings (SSSR count). The van der Waals surface area contributed by atoms with Crippen LogP contribution in [0.2, 0.25) is 0 Å². The van der Waals surface area contributed by atoms with Gasteiger partial charge in [-0.3, -0.25) is 5.10 Å². The maximum absolute atomic E-state index is 5.91. The van der Waals surface area contributed by atoms with Crippen LogP contribution in [0.25, 0.3) is 10.8 Å². The molecule has 7 heteroatoms. The minimum atomic E-state index is -0.00771. The molecule has 0 aliphatic carbocycles. The van der Waals surface area contributed by atoms with Crippen molar-refractivity contribution in [2.24, 2.45) is 0 Å². The Kier molecular flexibility index (Phi) is 4.65. The van der Waals surface area contributed by atoms with Gasteiger partial charge in [-0.05, 0) is 44.4 Å². The van der Waals surface area contributed by atoms with Gasteiger partial charge in [0.1, 0.15) is 5.82 Å². The molecule has 2 heterocycles. The van der Waals surface area contributed by atoms with Crippen LogP contribution in [0.3, 0.4) is 0 Å². The first kappa shape index (κ1) is 16.9. The van der Waals surface area contributed by atoms with Gasteiger partial charge < -0.3 is 19.5 Å². The molecule has 25 heavy (non-hydrogen) atoms. The van der Waals surface area contributed by atoms with Gasteiger partial charge in [0.2, 0.25) is 5.88 Å². The fraction of sp³-hybridized carbons (Fsp3) is 0.333. The molecular weight excluding hydrogens is 320 g/mol. The Bertz CT molecular complexity index is 889. The van der Waals surface area contributed by atoms with Gasteiger partial charge in [0.25, 0.3) is 0 Å². The molecule has 7 nitrogen and oxygen atoms in total. The third-order valence-corrected chi connectivity index (χ3v) is 3.61. The molecule has 0 aliphatic heterocycles. The van der Waals surface area contributed by atoms with Crippen molar-refractivity contribution < 1.29 is 14.2 Å². The highest BCUT2D eigenvalue weighted by atomic mass is 16.5. The molecule has 0 atom stereocenters. The second kappa shape index (κ2) is 6.88. The first-order valence-electron chi connectivity index (χ1n) is 8.02. The Morgan fingerprint density at radius 2 is 1.72 bits per heavy atom. The molecule has 0 saturated carbocycles. The van der Waals surface area contributed by atoms with E-state index in [2.05, 4.69) is 20.5 Å². The van der Waals surface area contributed by atoms with Gasteiger partial charge >= 0.3 is 0 Å². The number of fused-ring (bicyclic) bond motifs is 1. The SMILES string of the molecule is COc1cc2cc(Nc3cc(C)[nH]n3)nc(OC(C)C)c2cc1OC. The van der Waals surface area contributed by atoms with Gasteiger partial charge in [-0.2, -0.15) is 10.1 Å². The van der Waals surface area contributed by atoms with Crippen molar-refractivity contribution in [2.75, 3.05) is 19.5 Å². The molecule has 0 amide bonds. The normalized spacial score (nSPS) is 11.0. The summed E-state index contributed by atoms with van der Waals surface area (Å²) in [5.41, 5.74) is 0.966. The number of nitrogens with one attached hydrogen (secondary N) is 2. The van der Waals surface area contributed by atoms with Gasteiger partial charge in [0.05, 0.1) is 20.3 Å². The average Bonchev–Trinajstić information content (AvgIpc) is 2.98. The highest BCUT2D eigenvalue weighted by Gasteiger charge is 2.14. The van der Waals surface area contributed by atoms with E-state index < -0.39 is 0 Å². The van der Waals surface area contributed by atoms with Crippen molar-refractivity contribution in [3.63, 3.8) is 0 Å². The number of aromatic amines is 1. The third kappa shape index (κ3) is 3.60. The van der Waals surface area contributed by atoms with Crippen molar-refractivity contribution in [3.05, 3.63) is 30.0 Å². The zero-order valence-corrected chi connectivity index (χ0v) is 15.0. The van der Waals surface area contributed by atoms with E-state index in [1.165, 1.54) is 0 Å². The Labute approximate surface area is 146 Å². The van der Waals surface area contributed by atoms with E-state index in [1.54, 1.807) is 14.2 Å². The summed E-state index contributed by atoms with van der Waals surface area (Å²) in [7, 11) is 3.22. The quantitative estimate of drug-likeness (QED) is 0.709. The second-order valence-electron chi connectivity index (χ2n) is 5.97. The van der Waals surface area contributed by atoms with E-state index in [0.29, 0.717) is 29.0 Å². The number of aryl methyl sites for hydroxylation is 1. The van der Waals surface area contributed by atoms with Gasteiger partial charge in [-0.25, -0.2) is 0 Å². The number of methoxy groups -OCH3 is 2. The summed E-state index contributed by atoms with van der Waals surface area (Å²) in [4.78, 5) is 4.59. The lowest BCUT2D eigenvalue weighted by molar-refractivity contribution is 0.236. The first-order chi connectivity index (χ1) is 12.0. The highest BCUT2D eigenvalue weighted by Crippen LogP contribution is 2.37.